The van der Waals surface area contributed by atoms with E-state index >= 15 is 0 Å². The third kappa shape index (κ3) is 1.66. The molecule has 1 aliphatic rings. The summed E-state index contributed by atoms with van der Waals surface area (Å²) in [5, 5.41) is 0. The van der Waals surface area contributed by atoms with E-state index in [0.717, 1.165) is 0 Å². The van der Waals surface area contributed by atoms with Crippen LogP contribution in [0.3, 0.4) is 0 Å². The second-order valence-corrected chi connectivity index (χ2v) is 3.20. The summed E-state index contributed by atoms with van der Waals surface area (Å²) < 4.78 is 24.1. The van der Waals surface area contributed by atoms with E-state index < -0.39 is 6.43 Å². The van der Waals surface area contributed by atoms with Gasteiger partial charge in [-0.2, -0.15) is 0 Å². The Balaban J connectivity index is 2.70. The lowest BCUT2D eigenvalue weighted by Gasteiger charge is -2.13. The highest BCUT2D eigenvalue weighted by molar-refractivity contribution is 9.09. The Morgan fingerprint density at radius 3 is 2.70 bits per heavy atom. The van der Waals surface area contributed by atoms with Crippen molar-refractivity contribution in [2.45, 2.75) is 17.7 Å². The van der Waals surface area contributed by atoms with E-state index in [1.807, 2.05) is 6.08 Å². The zero-order valence-electron chi connectivity index (χ0n) is 5.23. The van der Waals surface area contributed by atoms with Crippen LogP contribution in [-0.4, -0.2) is 11.3 Å². The molecule has 0 saturated carbocycles. The highest BCUT2D eigenvalue weighted by Crippen LogP contribution is 2.25. The molecule has 0 radical (unpaired) electrons. The molecule has 0 spiro atoms. The van der Waals surface area contributed by atoms with Crippen molar-refractivity contribution < 1.29 is 8.78 Å². The summed E-state index contributed by atoms with van der Waals surface area (Å²) in [4.78, 5) is -0.169. The first-order chi connectivity index (χ1) is 4.72. The van der Waals surface area contributed by atoms with Gasteiger partial charge in [0.05, 0.1) is 0 Å². The Bertz CT molecular complexity index is 172. The smallest absolute Gasteiger partial charge is 0.205 e. The van der Waals surface area contributed by atoms with Crippen molar-refractivity contribution in [3.8, 4) is 0 Å². The van der Waals surface area contributed by atoms with Crippen molar-refractivity contribution in [2.75, 3.05) is 0 Å². The van der Waals surface area contributed by atoms with Crippen molar-refractivity contribution in [1.82, 2.24) is 0 Å². The molecule has 1 rings (SSSR count). The van der Waals surface area contributed by atoms with E-state index in [2.05, 4.69) is 15.9 Å². The molecular weight excluding hydrogens is 202 g/mol. The first kappa shape index (κ1) is 7.92. The van der Waals surface area contributed by atoms with E-state index in [4.69, 9.17) is 0 Å². The lowest BCUT2D eigenvalue weighted by Crippen LogP contribution is -2.11. The van der Waals surface area contributed by atoms with E-state index in [9.17, 15) is 8.78 Å². The summed E-state index contributed by atoms with van der Waals surface area (Å²) in [6.45, 7) is 0. The van der Waals surface area contributed by atoms with Crippen molar-refractivity contribution in [1.29, 1.82) is 0 Å². The summed E-state index contributed by atoms with van der Waals surface area (Å²) in [5.74, 6) is 0. The number of halogens is 3. The van der Waals surface area contributed by atoms with E-state index in [1.54, 1.807) is 6.08 Å². The minimum absolute atomic E-state index is 0.169. The maximum atomic E-state index is 12.0. The topological polar surface area (TPSA) is 0 Å². The van der Waals surface area contributed by atoms with Gasteiger partial charge in [0.1, 0.15) is 0 Å². The van der Waals surface area contributed by atoms with Gasteiger partial charge in [0.15, 0.2) is 0 Å². The highest BCUT2D eigenvalue weighted by Gasteiger charge is 2.19. The third-order valence-corrected chi connectivity index (χ3v) is 2.28. The van der Waals surface area contributed by atoms with Gasteiger partial charge in [-0.3, -0.25) is 0 Å². The molecular formula is C7H7BrF2. The van der Waals surface area contributed by atoms with Crippen LogP contribution in [0.1, 0.15) is 6.42 Å². The fourth-order valence-electron chi connectivity index (χ4n) is 0.827. The molecule has 0 heterocycles. The number of rotatable bonds is 1. The zero-order valence-corrected chi connectivity index (χ0v) is 6.81. The van der Waals surface area contributed by atoms with Gasteiger partial charge in [-0.1, -0.05) is 34.2 Å². The second kappa shape index (κ2) is 3.28. The predicted molar refractivity (Wildman–Crippen MR) is 40.6 cm³/mol. The normalized spacial score (nSPS) is 25.2. The van der Waals surface area contributed by atoms with Crippen LogP contribution < -0.4 is 0 Å². The van der Waals surface area contributed by atoms with Gasteiger partial charge in [0, 0.05) is 10.4 Å². The fraction of sp³-hybridized carbons (Fsp3) is 0.429. The van der Waals surface area contributed by atoms with Gasteiger partial charge < -0.3 is 0 Å². The largest absolute Gasteiger partial charge is 0.261 e. The monoisotopic (exact) mass is 208 g/mol. The molecule has 1 unspecified atom stereocenters. The maximum absolute atomic E-state index is 12.0. The minimum atomic E-state index is -2.32. The summed E-state index contributed by atoms with van der Waals surface area (Å²) in [6.07, 6.45) is 3.34. The van der Waals surface area contributed by atoms with Crippen molar-refractivity contribution in [3.63, 3.8) is 0 Å². The molecule has 0 bridgehead atoms. The molecule has 0 amide bonds. The molecule has 1 aliphatic carbocycles. The maximum Gasteiger partial charge on any atom is 0.261 e. The van der Waals surface area contributed by atoms with Crippen molar-refractivity contribution in [3.05, 3.63) is 23.8 Å². The number of hydrogen-bond donors (Lipinski definition) is 0. The lowest BCUT2D eigenvalue weighted by atomic mass is 10.1. The second-order valence-electron chi connectivity index (χ2n) is 2.10. The van der Waals surface area contributed by atoms with Crippen LogP contribution in [0.15, 0.2) is 23.8 Å². The number of hydrogen-bond acceptors (Lipinski definition) is 0. The Morgan fingerprint density at radius 1 is 1.60 bits per heavy atom. The molecule has 0 aliphatic heterocycles. The van der Waals surface area contributed by atoms with Crippen molar-refractivity contribution >= 4 is 15.9 Å². The molecule has 0 fully saturated rings. The van der Waals surface area contributed by atoms with Gasteiger partial charge in [0.2, 0.25) is 0 Å². The van der Waals surface area contributed by atoms with Crippen molar-refractivity contribution in [2.24, 2.45) is 0 Å². The molecule has 0 saturated heterocycles. The molecule has 0 N–H and O–H groups in total. The standard InChI is InChI=1S/C7H7BrF2/c8-6-4-2-1-3-5(6)7(9)10/h1-3,6-7H,4H2. The Labute approximate surface area is 66.7 Å². The number of alkyl halides is 3. The molecule has 1 atom stereocenters. The van der Waals surface area contributed by atoms with Crippen LogP contribution >= 0.6 is 15.9 Å². The minimum Gasteiger partial charge on any atom is -0.205 e. The molecule has 56 valence electrons. The van der Waals surface area contributed by atoms with Crippen LogP contribution in [0.4, 0.5) is 8.78 Å². The van der Waals surface area contributed by atoms with Crippen LogP contribution in [0.25, 0.3) is 0 Å². The molecule has 10 heavy (non-hydrogen) atoms. The average Bonchev–Trinajstić information content (AvgIpc) is 1.88. The Hall–Kier alpha value is -0.180. The summed E-state index contributed by atoms with van der Waals surface area (Å²) in [7, 11) is 0. The summed E-state index contributed by atoms with van der Waals surface area (Å²) in [6, 6.07) is 0. The predicted octanol–water partition coefficient (Wildman–Crippen LogP) is 2.90. The first-order valence-corrected chi connectivity index (χ1v) is 3.92. The van der Waals surface area contributed by atoms with Gasteiger partial charge in [-0.05, 0) is 6.42 Å². The Morgan fingerprint density at radius 2 is 2.30 bits per heavy atom. The van der Waals surface area contributed by atoms with E-state index in [0.29, 0.717) is 6.42 Å². The van der Waals surface area contributed by atoms with Crippen LogP contribution in [0, 0.1) is 0 Å². The van der Waals surface area contributed by atoms with Crippen LogP contribution in [-0.2, 0) is 0 Å². The lowest BCUT2D eigenvalue weighted by molar-refractivity contribution is 0.186. The van der Waals surface area contributed by atoms with Gasteiger partial charge in [-0.25, -0.2) is 8.78 Å². The molecule has 0 aromatic rings. The molecule has 0 aromatic heterocycles. The highest BCUT2D eigenvalue weighted by atomic mass is 79.9. The van der Waals surface area contributed by atoms with Gasteiger partial charge in [-0.15, -0.1) is 0 Å². The summed E-state index contributed by atoms with van der Waals surface area (Å²) in [5.41, 5.74) is 0.183. The van der Waals surface area contributed by atoms with Crippen LogP contribution in [0.2, 0.25) is 0 Å². The molecule has 3 heteroatoms. The fourth-order valence-corrected chi connectivity index (χ4v) is 1.40. The average molecular weight is 209 g/mol. The van der Waals surface area contributed by atoms with E-state index in [-0.39, 0.29) is 10.4 Å². The van der Waals surface area contributed by atoms with E-state index in [1.165, 1.54) is 6.08 Å². The van der Waals surface area contributed by atoms with Crippen LogP contribution in [0.5, 0.6) is 0 Å². The first-order valence-electron chi connectivity index (χ1n) is 3.00. The Kier molecular flexibility index (Phi) is 2.60. The summed E-state index contributed by atoms with van der Waals surface area (Å²) >= 11 is 3.16. The number of allylic oxidation sites excluding steroid dienone is 4. The third-order valence-electron chi connectivity index (χ3n) is 1.38. The SMILES string of the molecule is FC(F)C1=CC=CCC1Br. The quantitative estimate of drug-likeness (QED) is 0.582. The van der Waals surface area contributed by atoms with Gasteiger partial charge in [0.25, 0.3) is 6.43 Å². The van der Waals surface area contributed by atoms with Gasteiger partial charge >= 0.3 is 0 Å². The zero-order chi connectivity index (χ0) is 7.56. The molecule has 0 nitrogen and oxygen atoms in total. The molecule has 0 aromatic carbocycles.